The van der Waals surface area contributed by atoms with Crippen molar-refractivity contribution < 1.29 is 13.9 Å². The number of anilines is 2. The molecule has 3 N–H and O–H groups in total. The molecule has 1 aliphatic heterocycles. The van der Waals surface area contributed by atoms with Crippen molar-refractivity contribution in [3.8, 4) is 0 Å². The molecule has 0 unspecified atom stereocenters. The number of rotatable bonds is 3. The van der Waals surface area contributed by atoms with Gasteiger partial charge in [-0.15, -0.1) is 0 Å². The van der Waals surface area contributed by atoms with Crippen LogP contribution in [0.25, 0.3) is 10.9 Å². The zero-order valence-electron chi connectivity index (χ0n) is 13.6. The molecule has 0 saturated heterocycles. The number of aromatic nitrogens is 2. The van der Waals surface area contributed by atoms with Crippen LogP contribution in [0.5, 0.6) is 0 Å². The van der Waals surface area contributed by atoms with Crippen LogP contribution in [0.4, 0.5) is 11.5 Å². The number of nitrogens with one attached hydrogen (secondary N) is 1. The first-order valence-corrected chi connectivity index (χ1v) is 9.58. The van der Waals surface area contributed by atoms with Crippen molar-refractivity contribution in [3.05, 3.63) is 53.9 Å². The topological polar surface area (TPSA) is 95.3 Å². The highest BCUT2D eigenvalue weighted by atomic mass is 32.3. The van der Waals surface area contributed by atoms with Gasteiger partial charge in [0, 0.05) is 22.4 Å². The second-order valence-electron chi connectivity index (χ2n) is 6.04. The molecule has 1 aromatic heterocycles. The number of hydrogen-bond donors (Lipinski definition) is 3. The number of benzene rings is 2. The summed E-state index contributed by atoms with van der Waals surface area (Å²) in [6.07, 6.45) is 2.05. The molecule has 2 heterocycles. The highest BCUT2D eigenvalue weighted by Crippen LogP contribution is 2.56. The van der Waals surface area contributed by atoms with Crippen molar-refractivity contribution in [1.29, 1.82) is 0 Å². The maximum Gasteiger partial charge on any atom is 0.159 e. The SMILES string of the molecule is CC(=O)c1cccc(Nc2ncnc3ccc4c(c23)CCS4(O)O)c1. The number of ketones is 1. The quantitative estimate of drug-likeness (QED) is 0.608. The summed E-state index contributed by atoms with van der Waals surface area (Å²) in [5, 5.41) is 4.04. The van der Waals surface area contributed by atoms with Crippen LogP contribution >= 0.6 is 10.6 Å². The third-order valence-corrected chi connectivity index (χ3v) is 6.25. The van der Waals surface area contributed by atoms with Gasteiger partial charge in [0.25, 0.3) is 0 Å². The van der Waals surface area contributed by atoms with E-state index in [0.717, 1.165) is 22.2 Å². The van der Waals surface area contributed by atoms with E-state index < -0.39 is 10.6 Å². The van der Waals surface area contributed by atoms with Crippen LogP contribution in [0, 0.1) is 0 Å². The van der Waals surface area contributed by atoms with Gasteiger partial charge in [0.1, 0.15) is 12.1 Å². The van der Waals surface area contributed by atoms with E-state index in [1.165, 1.54) is 13.3 Å². The molecule has 0 saturated carbocycles. The summed E-state index contributed by atoms with van der Waals surface area (Å²) < 4.78 is 20.4. The van der Waals surface area contributed by atoms with E-state index in [0.29, 0.717) is 28.5 Å². The Morgan fingerprint density at radius 1 is 1.20 bits per heavy atom. The first-order valence-electron chi connectivity index (χ1n) is 7.86. The highest BCUT2D eigenvalue weighted by Gasteiger charge is 2.29. The van der Waals surface area contributed by atoms with Crippen molar-refractivity contribution in [2.24, 2.45) is 0 Å². The Morgan fingerprint density at radius 2 is 2.04 bits per heavy atom. The summed E-state index contributed by atoms with van der Waals surface area (Å²) in [5.74, 6) is 0.918. The van der Waals surface area contributed by atoms with Crippen LogP contribution in [0.3, 0.4) is 0 Å². The third kappa shape index (κ3) is 2.76. The predicted octanol–water partition coefficient (Wildman–Crippen LogP) is 4.24. The first kappa shape index (κ1) is 16.0. The molecule has 0 radical (unpaired) electrons. The van der Waals surface area contributed by atoms with Crippen LogP contribution in [0.2, 0.25) is 0 Å². The van der Waals surface area contributed by atoms with Gasteiger partial charge < -0.3 is 5.32 Å². The van der Waals surface area contributed by atoms with Crippen molar-refractivity contribution in [1.82, 2.24) is 9.97 Å². The van der Waals surface area contributed by atoms with E-state index in [2.05, 4.69) is 15.3 Å². The maximum absolute atomic E-state index is 11.6. The van der Waals surface area contributed by atoms with Crippen molar-refractivity contribution in [3.63, 3.8) is 0 Å². The van der Waals surface area contributed by atoms with Crippen LogP contribution < -0.4 is 5.32 Å². The number of Topliss-reactive ketones (excluding diaryl/α,β-unsaturated/α-hetero) is 1. The summed E-state index contributed by atoms with van der Waals surface area (Å²) in [6, 6.07) is 10.7. The molecule has 128 valence electrons. The largest absolute Gasteiger partial charge is 0.340 e. The lowest BCUT2D eigenvalue weighted by Gasteiger charge is -2.27. The molecule has 4 rings (SSSR count). The first-order chi connectivity index (χ1) is 12.0. The summed E-state index contributed by atoms with van der Waals surface area (Å²) in [5.41, 5.74) is 2.98. The third-order valence-electron chi connectivity index (χ3n) is 4.39. The van der Waals surface area contributed by atoms with Crippen LogP contribution in [0.1, 0.15) is 22.8 Å². The molecule has 0 bridgehead atoms. The minimum atomic E-state index is -2.73. The molecular formula is C18H17N3O3S. The molecule has 7 heteroatoms. The number of nitrogens with zero attached hydrogens (tertiary/aromatic N) is 2. The Labute approximate surface area is 146 Å². The molecule has 0 aliphatic carbocycles. The van der Waals surface area contributed by atoms with Gasteiger partial charge in [-0.1, -0.05) is 12.1 Å². The van der Waals surface area contributed by atoms with Gasteiger partial charge >= 0.3 is 0 Å². The van der Waals surface area contributed by atoms with Crippen LogP contribution in [-0.4, -0.2) is 30.6 Å². The number of carbonyl (C=O) groups is 1. The summed E-state index contributed by atoms with van der Waals surface area (Å²) in [4.78, 5) is 20.8. The van der Waals surface area contributed by atoms with Gasteiger partial charge in [-0.2, -0.15) is 10.6 Å². The van der Waals surface area contributed by atoms with E-state index in [9.17, 15) is 13.9 Å². The van der Waals surface area contributed by atoms with E-state index in [-0.39, 0.29) is 5.78 Å². The Kier molecular flexibility index (Phi) is 3.72. The van der Waals surface area contributed by atoms with E-state index in [1.807, 2.05) is 12.1 Å². The Hall–Kier alpha value is -2.48. The second-order valence-corrected chi connectivity index (χ2v) is 8.22. The molecule has 0 fully saturated rings. The van der Waals surface area contributed by atoms with Gasteiger partial charge in [-0.25, -0.2) is 9.97 Å². The Balaban J connectivity index is 1.84. The zero-order chi connectivity index (χ0) is 17.6. The molecule has 1 aliphatic rings. The highest BCUT2D eigenvalue weighted by molar-refractivity contribution is 8.24. The fraction of sp³-hybridized carbons (Fsp3) is 0.167. The number of fused-ring (bicyclic) bond motifs is 3. The Morgan fingerprint density at radius 3 is 2.84 bits per heavy atom. The number of hydrogen-bond acceptors (Lipinski definition) is 6. The van der Waals surface area contributed by atoms with Gasteiger partial charge in [0.2, 0.25) is 0 Å². The van der Waals surface area contributed by atoms with E-state index >= 15 is 0 Å². The van der Waals surface area contributed by atoms with E-state index in [4.69, 9.17) is 0 Å². The van der Waals surface area contributed by atoms with Crippen molar-refractivity contribution in [2.45, 2.75) is 18.2 Å². The predicted molar refractivity (Wildman–Crippen MR) is 99.0 cm³/mol. The molecule has 2 aromatic carbocycles. The standard InChI is InChI=1S/C18H17N3O3S/c1-11(22)12-3-2-4-13(9-12)21-18-17-14-7-8-25(23,24)16(14)6-5-15(17)19-10-20-18/h2-6,9-10,23-24H,7-8H2,1H3,(H,19,20,21). The van der Waals surface area contributed by atoms with Gasteiger partial charge in [0.15, 0.2) is 5.78 Å². The minimum absolute atomic E-state index is 0.00830. The molecule has 25 heavy (non-hydrogen) atoms. The van der Waals surface area contributed by atoms with Crippen LogP contribution in [-0.2, 0) is 6.42 Å². The molecule has 6 nitrogen and oxygen atoms in total. The van der Waals surface area contributed by atoms with E-state index in [1.54, 1.807) is 24.3 Å². The smallest absolute Gasteiger partial charge is 0.159 e. The average Bonchev–Trinajstić information content (AvgIpc) is 2.90. The van der Waals surface area contributed by atoms with Crippen molar-refractivity contribution in [2.75, 3.05) is 11.1 Å². The fourth-order valence-corrected chi connectivity index (χ4v) is 4.75. The molecule has 0 atom stereocenters. The van der Waals surface area contributed by atoms with Crippen LogP contribution in [0.15, 0.2) is 47.6 Å². The van der Waals surface area contributed by atoms with Gasteiger partial charge in [0.05, 0.1) is 10.4 Å². The number of aryl methyl sites for hydroxylation is 1. The number of carbonyl (C=O) groups excluding carboxylic acids is 1. The molecule has 3 aromatic rings. The Bertz CT molecular complexity index is 1000. The molecular weight excluding hydrogens is 338 g/mol. The lowest BCUT2D eigenvalue weighted by molar-refractivity contribution is 0.101. The molecule has 0 amide bonds. The monoisotopic (exact) mass is 355 g/mol. The van der Waals surface area contributed by atoms with Crippen molar-refractivity contribution >= 4 is 38.8 Å². The van der Waals surface area contributed by atoms with Gasteiger partial charge in [-0.05, 0) is 43.2 Å². The maximum atomic E-state index is 11.6. The summed E-state index contributed by atoms with van der Waals surface area (Å²) in [7, 11) is -2.73. The molecule has 0 spiro atoms. The second kappa shape index (κ2) is 5.80. The minimum Gasteiger partial charge on any atom is -0.340 e. The summed E-state index contributed by atoms with van der Waals surface area (Å²) >= 11 is 0. The summed E-state index contributed by atoms with van der Waals surface area (Å²) in [6.45, 7) is 1.52. The normalized spacial score (nSPS) is 16.4. The lowest BCUT2D eigenvalue weighted by atomic mass is 10.1. The van der Waals surface area contributed by atoms with Gasteiger partial charge in [-0.3, -0.25) is 13.9 Å². The fourth-order valence-electron chi connectivity index (χ4n) is 3.16. The lowest BCUT2D eigenvalue weighted by Crippen LogP contribution is -2.00. The zero-order valence-corrected chi connectivity index (χ0v) is 14.4. The average molecular weight is 355 g/mol.